The van der Waals surface area contributed by atoms with Crippen molar-refractivity contribution in [1.29, 1.82) is 0 Å². The van der Waals surface area contributed by atoms with Crippen molar-refractivity contribution in [2.45, 2.75) is 20.3 Å². The SMILES string of the molecule is COc1cc(/C=C2\C(=O)NC(=O)N(c3cccc([N+](=O)[O-])c3)C2=O)ccc1Cc1cc(C)cc(C)c1. The summed E-state index contributed by atoms with van der Waals surface area (Å²) in [7, 11) is 1.54. The van der Waals surface area contributed by atoms with Gasteiger partial charge >= 0.3 is 6.03 Å². The first-order valence-corrected chi connectivity index (χ1v) is 11.1. The van der Waals surface area contributed by atoms with E-state index in [2.05, 4.69) is 23.5 Å². The van der Waals surface area contributed by atoms with E-state index in [4.69, 9.17) is 4.74 Å². The number of nitro groups is 1. The molecular weight excluding hydrogens is 462 g/mol. The summed E-state index contributed by atoms with van der Waals surface area (Å²) in [4.78, 5) is 49.2. The average Bonchev–Trinajstić information content (AvgIpc) is 2.82. The maximum Gasteiger partial charge on any atom is 0.335 e. The molecule has 9 nitrogen and oxygen atoms in total. The molecule has 36 heavy (non-hydrogen) atoms. The Kier molecular flexibility index (Phi) is 6.64. The van der Waals surface area contributed by atoms with E-state index in [0.717, 1.165) is 28.3 Å². The molecule has 1 aliphatic rings. The first kappa shape index (κ1) is 24.3. The average molecular weight is 485 g/mol. The normalized spacial score (nSPS) is 14.7. The number of benzene rings is 3. The first-order chi connectivity index (χ1) is 17.2. The van der Waals surface area contributed by atoms with Crippen LogP contribution in [0.4, 0.5) is 16.2 Å². The van der Waals surface area contributed by atoms with Crippen LogP contribution in [0.2, 0.25) is 0 Å². The van der Waals surface area contributed by atoms with Crippen molar-refractivity contribution in [2.24, 2.45) is 0 Å². The Morgan fingerprint density at radius 1 is 1.00 bits per heavy atom. The van der Waals surface area contributed by atoms with Crippen LogP contribution >= 0.6 is 0 Å². The number of imide groups is 2. The second-order valence-corrected chi connectivity index (χ2v) is 8.48. The van der Waals surface area contributed by atoms with E-state index < -0.39 is 22.8 Å². The molecule has 1 N–H and O–H groups in total. The van der Waals surface area contributed by atoms with E-state index in [1.54, 1.807) is 19.2 Å². The molecule has 0 bridgehead atoms. The lowest BCUT2D eigenvalue weighted by Gasteiger charge is -2.26. The van der Waals surface area contributed by atoms with Crippen LogP contribution < -0.4 is 15.0 Å². The van der Waals surface area contributed by atoms with Crippen LogP contribution in [0.1, 0.15) is 27.8 Å². The summed E-state index contributed by atoms with van der Waals surface area (Å²) in [5, 5.41) is 13.2. The van der Waals surface area contributed by atoms with E-state index in [9.17, 15) is 24.5 Å². The molecule has 0 spiro atoms. The number of barbiturate groups is 1. The molecule has 3 aromatic rings. The molecule has 0 atom stereocenters. The van der Waals surface area contributed by atoms with Crippen molar-refractivity contribution in [1.82, 2.24) is 5.32 Å². The lowest BCUT2D eigenvalue weighted by Crippen LogP contribution is -2.54. The Morgan fingerprint density at radius 2 is 1.72 bits per heavy atom. The second-order valence-electron chi connectivity index (χ2n) is 8.48. The quantitative estimate of drug-likeness (QED) is 0.238. The van der Waals surface area contributed by atoms with Gasteiger partial charge in [-0.15, -0.1) is 0 Å². The van der Waals surface area contributed by atoms with Gasteiger partial charge in [0.15, 0.2) is 0 Å². The minimum absolute atomic E-state index is 0.0218. The Labute approximate surface area is 207 Å². The first-order valence-electron chi connectivity index (χ1n) is 11.1. The van der Waals surface area contributed by atoms with E-state index >= 15 is 0 Å². The summed E-state index contributed by atoms with van der Waals surface area (Å²) in [6.45, 7) is 4.08. The minimum Gasteiger partial charge on any atom is -0.496 e. The molecular formula is C27H23N3O6. The van der Waals surface area contributed by atoms with Crippen molar-refractivity contribution >= 4 is 35.3 Å². The third-order valence-corrected chi connectivity index (χ3v) is 5.70. The van der Waals surface area contributed by atoms with Crippen LogP contribution in [0.3, 0.4) is 0 Å². The number of carbonyl (C=O) groups is 3. The Balaban J connectivity index is 1.66. The number of ether oxygens (including phenoxy) is 1. The van der Waals surface area contributed by atoms with Crippen molar-refractivity contribution in [3.8, 4) is 5.75 Å². The number of urea groups is 1. The molecule has 0 unspecified atom stereocenters. The summed E-state index contributed by atoms with van der Waals surface area (Å²) < 4.78 is 5.56. The highest BCUT2D eigenvalue weighted by molar-refractivity contribution is 6.39. The van der Waals surface area contributed by atoms with Crippen LogP contribution in [-0.4, -0.2) is 29.9 Å². The highest BCUT2D eigenvalue weighted by Gasteiger charge is 2.37. The summed E-state index contributed by atoms with van der Waals surface area (Å²) in [6.07, 6.45) is 1.99. The van der Waals surface area contributed by atoms with Gasteiger partial charge in [0.2, 0.25) is 0 Å². The van der Waals surface area contributed by atoms with Crippen molar-refractivity contribution in [3.05, 3.63) is 104 Å². The van der Waals surface area contributed by atoms with Crippen LogP contribution in [0.5, 0.6) is 5.75 Å². The van der Waals surface area contributed by atoms with E-state index in [1.165, 1.54) is 24.3 Å². The van der Waals surface area contributed by atoms with Gasteiger partial charge in [-0.1, -0.05) is 47.5 Å². The number of nitro benzene ring substituents is 1. The lowest BCUT2D eigenvalue weighted by molar-refractivity contribution is -0.384. The number of nitrogens with zero attached hydrogens (tertiary/aromatic N) is 2. The highest BCUT2D eigenvalue weighted by atomic mass is 16.6. The van der Waals surface area contributed by atoms with Gasteiger partial charge < -0.3 is 4.74 Å². The van der Waals surface area contributed by atoms with Gasteiger partial charge in [0.25, 0.3) is 17.5 Å². The maximum atomic E-state index is 13.1. The van der Waals surface area contributed by atoms with E-state index in [0.29, 0.717) is 22.6 Å². The van der Waals surface area contributed by atoms with Gasteiger partial charge in [0.1, 0.15) is 11.3 Å². The molecule has 182 valence electrons. The Bertz CT molecular complexity index is 1420. The summed E-state index contributed by atoms with van der Waals surface area (Å²) in [5.74, 6) is -1.16. The number of hydrogen-bond donors (Lipinski definition) is 1. The molecule has 0 aromatic heterocycles. The molecule has 4 amide bonds. The monoisotopic (exact) mass is 485 g/mol. The molecule has 1 saturated heterocycles. The van der Waals surface area contributed by atoms with Crippen LogP contribution in [0.25, 0.3) is 6.08 Å². The van der Waals surface area contributed by atoms with Crippen molar-refractivity contribution < 1.29 is 24.0 Å². The molecule has 1 aliphatic heterocycles. The number of anilines is 1. The largest absolute Gasteiger partial charge is 0.496 e. The van der Waals surface area contributed by atoms with Gasteiger partial charge in [-0.05, 0) is 48.7 Å². The minimum atomic E-state index is -0.982. The summed E-state index contributed by atoms with van der Waals surface area (Å²) >= 11 is 0. The second kappa shape index (κ2) is 9.83. The predicted molar refractivity (Wildman–Crippen MR) is 134 cm³/mol. The number of methoxy groups -OCH3 is 1. The van der Waals surface area contributed by atoms with Crippen LogP contribution in [-0.2, 0) is 16.0 Å². The standard InChI is InChI=1S/C27H23N3O6/c1-16-9-17(2)11-19(10-16)12-20-8-7-18(14-24(20)36-3)13-23-25(31)28-27(33)29(26(23)32)21-5-4-6-22(15-21)30(34)35/h4-11,13-15H,12H2,1-3H3,(H,28,31,33)/b23-13+. The fourth-order valence-corrected chi connectivity index (χ4v) is 4.19. The zero-order valence-corrected chi connectivity index (χ0v) is 19.9. The molecule has 0 radical (unpaired) electrons. The van der Waals surface area contributed by atoms with Gasteiger partial charge in [0.05, 0.1) is 17.7 Å². The smallest absolute Gasteiger partial charge is 0.335 e. The van der Waals surface area contributed by atoms with Crippen molar-refractivity contribution in [2.75, 3.05) is 12.0 Å². The van der Waals surface area contributed by atoms with Crippen LogP contribution in [0.15, 0.2) is 66.2 Å². The zero-order valence-electron chi connectivity index (χ0n) is 19.9. The molecule has 0 aliphatic carbocycles. The topological polar surface area (TPSA) is 119 Å². The van der Waals surface area contributed by atoms with Gasteiger partial charge in [-0.2, -0.15) is 0 Å². The number of hydrogen-bond acceptors (Lipinski definition) is 6. The summed E-state index contributed by atoms with van der Waals surface area (Å²) in [5.41, 5.74) is 4.30. The number of non-ortho nitro benzene ring substituents is 1. The number of amides is 4. The van der Waals surface area contributed by atoms with Gasteiger partial charge in [-0.3, -0.25) is 25.0 Å². The maximum absolute atomic E-state index is 13.1. The molecule has 1 fully saturated rings. The third kappa shape index (κ3) is 5.00. The van der Waals surface area contributed by atoms with E-state index in [1.807, 2.05) is 19.9 Å². The number of rotatable bonds is 6. The zero-order chi connectivity index (χ0) is 26.0. The number of nitrogens with one attached hydrogen (secondary N) is 1. The number of aryl methyl sites for hydroxylation is 2. The van der Waals surface area contributed by atoms with Gasteiger partial charge in [-0.25, -0.2) is 9.69 Å². The molecule has 4 rings (SSSR count). The molecule has 9 heteroatoms. The predicted octanol–water partition coefficient (Wildman–Crippen LogP) is 4.48. The third-order valence-electron chi connectivity index (χ3n) is 5.70. The molecule has 1 heterocycles. The molecule has 0 saturated carbocycles. The lowest BCUT2D eigenvalue weighted by atomic mass is 9.98. The summed E-state index contributed by atoms with van der Waals surface area (Å²) in [6, 6.07) is 15.7. The molecule has 3 aromatic carbocycles. The highest BCUT2D eigenvalue weighted by Crippen LogP contribution is 2.28. The van der Waals surface area contributed by atoms with Crippen molar-refractivity contribution in [3.63, 3.8) is 0 Å². The van der Waals surface area contributed by atoms with Crippen LogP contribution in [0, 0.1) is 24.0 Å². The number of carbonyl (C=O) groups excluding carboxylic acids is 3. The van der Waals surface area contributed by atoms with Gasteiger partial charge in [0, 0.05) is 18.6 Å². The Morgan fingerprint density at radius 3 is 2.39 bits per heavy atom. The Hall–Kier alpha value is -4.79. The fourth-order valence-electron chi connectivity index (χ4n) is 4.19. The fraction of sp³-hybridized carbons (Fsp3) is 0.148. The van der Waals surface area contributed by atoms with E-state index in [-0.39, 0.29) is 16.9 Å².